The Bertz CT molecular complexity index is 3090. The Hall–Kier alpha value is -6.25. The third-order valence-corrected chi connectivity index (χ3v) is 15.7. The molecule has 74 heavy (non-hydrogen) atoms. The van der Waals surface area contributed by atoms with Crippen molar-refractivity contribution in [3.63, 3.8) is 0 Å². The molecule has 3 aliphatic heterocycles. The van der Waals surface area contributed by atoms with Gasteiger partial charge >= 0.3 is 0 Å². The number of nitrogens with one attached hydrogen (secondary N) is 3. The molecular formula is C46H50N6O19S3. The van der Waals surface area contributed by atoms with E-state index in [1.807, 2.05) is 6.07 Å². The van der Waals surface area contributed by atoms with Gasteiger partial charge in [-0.1, -0.05) is 85.0 Å². The first-order chi connectivity index (χ1) is 35.2. The van der Waals surface area contributed by atoms with Crippen molar-refractivity contribution in [1.29, 1.82) is 0 Å². The molecule has 0 aliphatic carbocycles. The standard InChI is InChI=1S/C46H50N6O19S3/c1-30(2)68-46-25-22-34(49-74(63,64)43-19-11-8-16-37(43)52(57)58)40(71-46)29-67-45-24-21-33(48-73(61,62)42-18-10-7-15-36(42)51(55)56)39(70-45)28-66-44-23-20-32(38(69-44)27-65-26-31-12-4-3-5-13-31)47-72(59,60)41-17-9-6-14-35(41)50(53)54/h3-25,30,32-34,38-40,44-49H,26-29H2,1-2H3/t32-,33-,34-,38+,39+,40+,44-,45-,46-/m0/s1. The molecule has 3 N–H and O–H groups in total. The molecule has 7 rings (SSSR count). The van der Waals surface area contributed by atoms with E-state index in [0.29, 0.717) is 0 Å². The maximum atomic E-state index is 13.8. The van der Waals surface area contributed by atoms with E-state index < -0.39 is 145 Å². The number of ether oxygens (including phenoxy) is 7. The summed E-state index contributed by atoms with van der Waals surface area (Å²) < 4.78 is 132. The Morgan fingerprint density at radius 2 is 0.824 bits per heavy atom. The van der Waals surface area contributed by atoms with Gasteiger partial charge in [0, 0.05) is 18.2 Å². The summed E-state index contributed by atoms with van der Waals surface area (Å²) in [4.78, 5) is 31.0. The normalized spacial score (nSPS) is 24.2. The zero-order chi connectivity index (χ0) is 53.2. The molecule has 0 unspecified atom stereocenters. The molecule has 0 saturated carbocycles. The first-order valence-electron chi connectivity index (χ1n) is 22.5. The third-order valence-electron chi connectivity index (χ3n) is 11.1. The fourth-order valence-corrected chi connectivity index (χ4v) is 11.9. The van der Waals surface area contributed by atoms with Crippen molar-refractivity contribution in [3.05, 3.63) is 175 Å². The molecule has 0 fully saturated rings. The van der Waals surface area contributed by atoms with Gasteiger partial charge < -0.3 is 33.2 Å². The lowest BCUT2D eigenvalue weighted by Gasteiger charge is -2.37. The van der Waals surface area contributed by atoms with Crippen LogP contribution >= 0.6 is 0 Å². The van der Waals surface area contributed by atoms with Crippen molar-refractivity contribution < 1.29 is 73.2 Å². The van der Waals surface area contributed by atoms with Crippen molar-refractivity contribution >= 4 is 47.1 Å². The van der Waals surface area contributed by atoms with Crippen LogP contribution in [-0.4, -0.2) is 121 Å². The Balaban J connectivity index is 1.12. The summed E-state index contributed by atoms with van der Waals surface area (Å²) in [6.45, 7) is 2.40. The molecule has 0 bridgehead atoms. The minimum absolute atomic E-state index is 0.0837. The molecule has 396 valence electrons. The maximum absolute atomic E-state index is 13.8. The summed E-state index contributed by atoms with van der Waals surface area (Å²) >= 11 is 0. The van der Waals surface area contributed by atoms with Gasteiger partial charge in [0.25, 0.3) is 17.1 Å². The van der Waals surface area contributed by atoms with Crippen LogP contribution in [0.25, 0.3) is 0 Å². The number of para-hydroxylation sites is 3. The molecule has 0 amide bonds. The van der Waals surface area contributed by atoms with Gasteiger partial charge in [0.2, 0.25) is 30.1 Å². The summed E-state index contributed by atoms with van der Waals surface area (Å²) in [7, 11) is -13.8. The van der Waals surface area contributed by atoms with E-state index in [1.165, 1.54) is 72.9 Å². The fraction of sp³-hybridized carbons (Fsp3) is 0.348. The lowest BCUT2D eigenvalue weighted by atomic mass is 10.1. The molecule has 9 atom stereocenters. The SMILES string of the molecule is CC(C)O[C@@H]1C=C[C@H](NS(=O)(=O)c2ccccc2[N+](=O)[O-])[C@@H](CO[C@@H]2C=C[C@H](NS(=O)(=O)c3ccccc3[N+](=O)[O-])[C@@H](CO[C@@H]3C=C[C@H](NS(=O)(=O)c4ccccc4[N+](=O)[O-])[C@@H](COCc4ccccc4)O3)O2)O1. The van der Waals surface area contributed by atoms with E-state index in [4.69, 9.17) is 33.2 Å². The Morgan fingerprint density at radius 1 is 0.486 bits per heavy atom. The summed E-state index contributed by atoms with van der Waals surface area (Å²) in [5.41, 5.74) is -1.26. The number of benzene rings is 4. The minimum atomic E-state index is -4.67. The quantitative estimate of drug-likeness (QED) is 0.0501. The second kappa shape index (κ2) is 24.4. The van der Waals surface area contributed by atoms with Gasteiger partial charge in [-0.05, 0) is 55.8 Å². The Morgan fingerprint density at radius 3 is 1.20 bits per heavy atom. The smallest absolute Gasteiger partial charge is 0.289 e. The summed E-state index contributed by atoms with van der Waals surface area (Å²) in [5, 5.41) is 35.4. The lowest BCUT2D eigenvalue weighted by molar-refractivity contribution is -0.388. The maximum Gasteiger partial charge on any atom is 0.289 e. The topological polar surface area (TPSA) is 333 Å². The molecule has 4 aromatic rings. The van der Waals surface area contributed by atoms with Gasteiger partial charge in [0.05, 0.1) is 65.4 Å². The zero-order valence-corrected chi connectivity index (χ0v) is 41.7. The van der Waals surface area contributed by atoms with Crippen LogP contribution in [0.5, 0.6) is 0 Å². The van der Waals surface area contributed by atoms with Crippen molar-refractivity contribution in [3.8, 4) is 0 Å². The predicted octanol–water partition coefficient (Wildman–Crippen LogP) is 4.27. The largest absolute Gasteiger partial charge is 0.374 e. The fourth-order valence-electron chi connectivity index (χ4n) is 7.70. The highest BCUT2D eigenvalue weighted by Gasteiger charge is 2.39. The van der Waals surface area contributed by atoms with Crippen LogP contribution in [0, 0.1) is 30.3 Å². The van der Waals surface area contributed by atoms with Gasteiger partial charge in [-0.3, -0.25) is 30.3 Å². The molecule has 4 aromatic carbocycles. The first-order valence-corrected chi connectivity index (χ1v) is 26.9. The monoisotopic (exact) mass is 1090 g/mol. The molecule has 0 saturated heterocycles. The lowest BCUT2D eigenvalue weighted by Crippen LogP contribution is -2.52. The van der Waals surface area contributed by atoms with Crippen LogP contribution in [0.3, 0.4) is 0 Å². The molecule has 0 spiro atoms. The Kier molecular flexibility index (Phi) is 18.3. The van der Waals surface area contributed by atoms with Gasteiger partial charge in [0.1, 0.15) is 18.3 Å². The highest BCUT2D eigenvalue weighted by Crippen LogP contribution is 2.29. The van der Waals surface area contributed by atoms with Crippen molar-refractivity contribution in [1.82, 2.24) is 14.2 Å². The average Bonchev–Trinajstić information content (AvgIpc) is 3.36. The highest BCUT2D eigenvalue weighted by molar-refractivity contribution is 7.90. The van der Waals surface area contributed by atoms with E-state index in [0.717, 1.165) is 42.0 Å². The summed E-state index contributed by atoms with van der Waals surface area (Å²) in [5.74, 6) is 0. The number of nitro benzene ring substituents is 3. The molecule has 25 nitrogen and oxygen atoms in total. The number of rotatable bonds is 24. The minimum Gasteiger partial charge on any atom is -0.374 e. The molecule has 0 aromatic heterocycles. The van der Waals surface area contributed by atoms with Gasteiger partial charge in [-0.25, -0.2) is 39.4 Å². The van der Waals surface area contributed by atoms with Crippen LogP contribution in [-0.2, 0) is 69.8 Å². The van der Waals surface area contributed by atoms with Crippen LogP contribution in [0.15, 0.2) is 154 Å². The molecule has 28 heteroatoms. The van der Waals surface area contributed by atoms with E-state index in [2.05, 4.69) is 14.2 Å². The van der Waals surface area contributed by atoms with Gasteiger partial charge in [-0.2, -0.15) is 0 Å². The van der Waals surface area contributed by atoms with Crippen molar-refractivity contribution in [2.45, 2.75) is 96.6 Å². The van der Waals surface area contributed by atoms with Crippen molar-refractivity contribution in [2.75, 3.05) is 19.8 Å². The second-order valence-electron chi connectivity index (χ2n) is 16.8. The van der Waals surface area contributed by atoms with Gasteiger partial charge in [-0.15, -0.1) is 0 Å². The van der Waals surface area contributed by atoms with Crippen LogP contribution in [0.2, 0.25) is 0 Å². The van der Waals surface area contributed by atoms with Gasteiger partial charge in [0.15, 0.2) is 33.6 Å². The third kappa shape index (κ3) is 14.3. The van der Waals surface area contributed by atoms with Crippen molar-refractivity contribution in [2.24, 2.45) is 0 Å². The number of hydrogen-bond acceptors (Lipinski definition) is 19. The molecule has 3 heterocycles. The Labute approximate surface area is 424 Å². The van der Waals surface area contributed by atoms with E-state index in [9.17, 15) is 55.6 Å². The van der Waals surface area contributed by atoms with Crippen LogP contribution in [0.1, 0.15) is 19.4 Å². The number of nitro groups is 3. The zero-order valence-electron chi connectivity index (χ0n) is 39.2. The molecule has 3 aliphatic rings. The van der Waals surface area contributed by atoms with E-state index >= 15 is 0 Å². The average molecular weight is 1090 g/mol. The van der Waals surface area contributed by atoms with E-state index in [1.54, 1.807) is 38.1 Å². The first kappa shape index (κ1) is 55.5. The molecule has 0 radical (unpaired) electrons. The summed E-state index contributed by atoms with van der Waals surface area (Å²) in [6.07, 6.45) is 0.744. The molecular weight excluding hydrogens is 1040 g/mol. The van der Waals surface area contributed by atoms with Crippen LogP contribution < -0.4 is 14.2 Å². The van der Waals surface area contributed by atoms with E-state index in [-0.39, 0.29) is 19.3 Å². The predicted molar refractivity (Wildman–Crippen MR) is 259 cm³/mol. The number of hydrogen-bond donors (Lipinski definition) is 3. The van der Waals surface area contributed by atoms with Crippen LogP contribution in [0.4, 0.5) is 17.1 Å². The summed E-state index contributed by atoms with van der Waals surface area (Å²) in [6, 6.07) is 19.5. The number of nitrogens with zero attached hydrogens (tertiary/aromatic N) is 3. The number of sulfonamides is 3. The second-order valence-corrected chi connectivity index (χ2v) is 21.8. The highest BCUT2D eigenvalue weighted by atomic mass is 32.2.